The summed E-state index contributed by atoms with van der Waals surface area (Å²) in [5.74, 6) is 2.38. The summed E-state index contributed by atoms with van der Waals surface area (Å²) in [5, 5.41) is 5.22. The molecule has 1 N–H and O–H groups in total. The number of ether oxygens (including phenoxy) is 2. The quantitative estimate of drug-likeness (QED) is 0.274. The molecule has 1 heterocycles. The fraction of sp³-hybridized carbons (Fsp3) is 0.226. The van der Waals surface area contributed by atoms with E-state index in [1.807, 2.05) is 74.5 Å². The molecule has 0 aliphatic rings. The molecule has 0 spiro atoms. The molecule has 5 aromatic rings. The number of amides is 1. The Bertz CT molecular complexity index is 1530. The average molecular weight is 494 g/mol. The molecule has 0 saturated carbocycles. The number of benzene rings is 4. The molecular weight excluding hydrogens is 462 g/mol. The Morgan fingerprint density at radius 1 is 0.892 bits per heavy atom. The molecule has 4 aromatic carbocycles. The molecule has 188 valence electrons. The Hall–Kier alpha value is -4.32. The van der Waals surface area contributed by atoms with Crippen molar-refractivity contribution >= 4 is 27.7 Å². The third-order valence-electron chi connectivity index (χ3n) is 6.43. The van der Waals surface area contributed by atoms with E-state index in [0.717, 1.165) is 50.3 Å². The molecule has 6 nitrogen and oxygen atoms in total. The molecular formula is C31H31N3O3. The largest absolute Gasteiger partial charge is 0.491 e. The first-order chi connectivity index (χ1) is 18.1. The van der Waals surface area contributed by atoms with Gasteiger partial charge in [0, 0.05) is 18.4 Å². The molecule has 0 aliphatic heterocycles. The second kappa shape index (κ2) is 11.2. The van der Waals surface area contributed by atoms with E-state index in [4.69, 9.17) is 14.5 Å². The number of para-hydroxylation sites is 2. The van der Waals surface area contributed by atoms with Gasteiger partial charge in [-0.3, -0.25) is 4.79 Å². The maximum atomic E-state index is 12.4. The highest BCUT2D eigenvalue weighted by Crippen LogP contribution is 2.25. The van der Waals surface area contributed by atoms with Gasteiger partial charge in [-0.25, -0.2) is 4.98 Å². The highest BCUT2D eigenvalue weighted by atomic mass is 16.5. The van der Waals surface area contributed by atoms with Crippen LogP contribution in [0, 0.1) is 13.8 Å². The zero-order chi connectivity index (χ0) is 25.6. The zero-order valence-electron chi connectivity index (χ0n) is 21.2. The van der Waals surface area contributed by atoms with Crippen LogP contribution in [-0.4, -0.2) is 35.2 Å². The van der Waals surface area contributed by atoms with E-state index < -0.39 is 0 Å². The minimum Gasteiger partial charge on any atom is -0.491 e. The Morgan fingerprint density at radius 2 is 1.70 bits per heavy atom. The molecule has 0 aliphatic carbocycles. The van der Waals surface area contributed by atoms with E-state index in [1.54, 1.807) is 0 Å². The number of fused-ring (bicyclic) bond motifs is 2. The van der Waals surface area contributed by atoms with Gasteiger partial charge in [-0.05, 0) is 54.6 Å². The summed E-state index contributed by atoms with van der Waals surface area (Å²) in [6.45, 7) is 5.61. The third-order valence-corrected chi connectivity index (χ3v) is 6.43. The van der Waals surface area contributed by atoms with E-state index >= 15 is 0 Å². The molecule has 1 aromatic heterocycles. The van der Waals surface area contributed by atoms with Crippen molar-refractivity contribution in [2.75, 3.05) is 19.8 Å². The fourth-order valence-corrected chi connectivity index (χ4v) is 4.51. The second-order valence-electron chi connectivity index (χ2n) is 9.15. The fourth-order valence-electron chi connectivity index (χ4n) is 4.51. The number of hydrogen-bond donors (Lipinski definition) is 1. The summed E-state index contributed by atoms with van der Waals surface area (Å²) in [6.07, 6.45) is 0.609. The van der Waals surface area contributed by atoms with Gasteiger partial charge in [-0.2, -0.15) is 0 Å². The van der Waals surface area contributed by atoms with Crippen molar-refractivity contribution < 1.29 is 14.3 Å². The molecule has 0 atom stereocenters. The summed E-state index contributed by atoms with van der Waals surface area (Å²) >= 11 is 0. The predicted molar refractivity (Wildman–Crippen MR) is 147 cm³/mol. The molecule has 0 radical (unpaired) electrons. The highest BCUT2D eigenvalue weighted by Gasteiger charge is 2.12. The lowest BCUT2D eigenvalue weighted by atomic mass is 10.1. The lowest BCUT2D eigenvalue weighted by Crippen LogP contribution is -2.31. The standard InChI is InChI=1S/C31H31N3O3/c1-22-14-15-23(2)29(20-22)37-21-31(35)32-17-16-30-33-26-11-5-6-12-27(26)34(30)18-19-36-28-13-7-9-24-8-3-4-10-25(24)28/h3-15,20H,16-19,21H2,1-2H3,(H,32,35). The minimum absolute atomic E-state index is 0.0143. The summed E-state index contributed by atoms with van der Waals surface area (Å²) in [7, 11) is 0. The van der Waals surface area contributed by atoms with Gasteiger partial charge in [0.25, 0.3) is 5.91 Å². The second-order valence-corrected chi connectivity index (χ2v) is 9.15. The smallest absolute Gasteiger partial charge is 0.257 e. The summed E-state index contributed by atoms with van der Waals surface area (Å²) < 4.78 is 14.1. The van der Waals surface area contributed by atoms with Crippen LogP contribution in [0.5, 0.6) is 11.5 Å². The van der Waals surface area contributed by atoms with Gasteiger partial charge in [0.05, 0.1) is 17.6 Å². The van der Waals surface area contributed by atoms with E-state index in [1.165, 1.54) is 0 Å². The average Bonchev–Trinajstić information content (AvgIpc) is 3.26. The molecule has 5 rings (SSSR count). The number of hydrogen-bond acceptors (Lipinski definition) is 4. The summed E-state index contributed by atoms with van der Waals surface area (Å²) in [4.78, 5) is 17.2. The number of nitrogens with zero attached hydrogens (tertiary/aromatic N) is 2. The van der Waals surface area contributed by atoms with Crippen LogP contribution in [0.3, 0.4) is 0 Å². The molecule has 6 heteroatoms. The molecule has 0 unspecified atom stereocenters. The number of carbonyl (C=O) groups excluding carboxylic acids is 1. The predicted octanol–water partition coefficient (Wildman–Crippen LogP) is 5.62. The van der Waals surface area contributed by atoms with Crippen molar-refractivity contribution in [1.29, 1.82) is 0 Å². The Morgan fingerprint density at radius 3 is 2.62 bits per heavy atom. The van der Waals surface area contributed by atoms with Crippen LogP contribution < -0.4 is 14.8 Å². The van der Waals surface area contributed by atoms with E-state index in [0.29, 0.717) is 26.1 Å². The maximum Gasteiger partial charge on any atom is 0.257 e. The minimum atomic E-state index is -0.150. The first kappa shape index (κ1) is 24.4. The van der Waals surface area contributed by atoms with Crippen LogP contribution >= 0.6 is 0 Å². The van der Waals surface area contributed by atoms with Crippen LogP contribution in [0.2, 0.25) is 0 Å². The van der Waals surface area contributed by atoms with Crippen LogP contribution in [0.4, 0.5) is 0 Å². The number of imidazole rings is 1. The van der Waals surface area contributed by atoms with E-state index in [-0.39, 0.29) is 12.5 Å². The van der Waals surface area contributed by atoms with Crippen molar-refractivity contribution in [3.8, 4) is 11.5 Å². The van der Waals surface area contributed by atoms with Crippen LogP contribution in [0.15, 0.2) is 84.9 Å². The van der Waals surface area contributed by atoms with Crippen LogP contribution in [0.1, 0.15) is 17.0 Å². The van der Waals surface area contributed by atoms with Gasteiger partial charge in [0.15, 0.2) is 6.61 Å². The Balaban J connectivity index is 1.20. The van der Waals surface area contributed by atoms with Crippen molar-refractivity contribution in [3.63, 3.8) is 0 Å². The highest BCUT2D eigenvalue weighted by molar-refractivity contribution is 5.88. The first-order valence-corrected chi connectivity index (χ1v) is 12.6. The first-order valence-electron chi connectivity index (χ1n) is 12.6. The number of aromatic nitrogens is 2. The van der Waals surface area contributed by atoms with Crippen LogP contribution in [0.25, 0.3) is 21.8 Å². The van der Waals surface area contributed by atoms with Gasteiger partial charge in [-0.1, -0.05) is 60.7 Å². The topological polar surface area (TPSA) is 65.4 Å². The Labute approximate surface area is 216 Å². The molecule has 37 heavy (non-hydrogen) atoms. The Kier molecular flexibility index (Phi) is 7.36. The summed E-state index contributed by atoms with van der Waals surface area (Å²) in [6, 6.07) is 28.4. The van der Waals surface area contributed by atoms with E-state index in [2.05, 4.69) is 34.1 Å². The van der Waals surface area contributed by atoms with Gasteiger partial charge < -0.3 is 19.4 Å². The third kappa shape index (κ3) is 5.75. The summed E-state index contributed by atoms with van der Waals surface area (Å²) in [5.41, 5.74) is 4.11. The lowest BCUT2D eigenvalue weighted by molar-refractivity contribution is -0.123. The van der Waals surface area contributed by atoms with Gasteiger partial charge in [0.2, 0.25) is 0 Å². The molecule has 0 fully saturated rings. The van der Waals surface area contributed by atoms with Crippen molar-refractivity contribution in [2.24, 2.45) is 0 Å². The van der Waals surface area contributed by atoms with Gasteiger partial charge in [-0.15, -0.1) is 0 Å². The molecule has 0 saturated heterocycles. The van der Waals surface area contributed by atoms with Gasteiger partial charge in [0.1, 0.15) is 23.9 Å². The van der Waals surface area contributed by atoms with Crippen molar-refractivity contribution in [3.05, 3.63) is 102 Å². The normalized spacial score (nSPS) is 11.1. The number of aryl methyl sites for hydroxylation is 2. The number of carbonyl (C=O) groups is 1. The number of rotatable bonds is 10. The van der Waals surface area contributed by atoms with E-state index in [9.17, 15) is 4.79 Å². The monoisotopic (exact) mass is 493 g/mol. The lowest BCUT2D eigenvalue weighted by Gasteiger charge is -2.13. The maximum absolute atomic E-state index is 12.4. The van der Waals surface area contributed by atoms with Crippen molar-refractivity contribution in [1.82, 2.24) is 14.9 Å². The molecule has 1 amide bonds. The van der Waals surface area contributed by atoms with Gasteiger partial charge >= 0.3 is 0 Å². The zero-order valence-corrected chi connectivity index (χ0v) is 21.2. The molecule has 0 bridgehead atoms. The SMILES string of the molecule is Cc1ccc(C)c(OCC(=O)NCCc2nc3ccccc3n2CCOc2cccc3ccccc23)c1. The number of nitrogens with one attached hydrogen (secondary N) is 1. The van der Waals surface area contributed by atoms with Crippen LogP contribution in [-0.2, 0) is 17.8 Å². The van der Waals surface area contributed by atoms with Crippen molar-refractivity contribution in [2.45, 2.75) is 26.8 Å².